The van der Waals surface area contributed by atoms with Crippen LogP contribution in [-0.2, 0) is 10.8 Å². The van der Waals surface area contributed by atoms with Gasteiger partial charge in [-0.15, -0.1) is 5.73 Å². The first kappa shape index (κ1) is 17.2. The summed E-state index contributed by atoms with van der Waals surface area (Å²) in [7, 11) is -1.21. The van der Waals surface area contributed by atoms with E-state index in [0.717, 1.165) is 32.1 Å². The number of benzene rings is 3. The van der Waals surface area contributed by atoms with Crippen LogP contribution in [0.3, 0.4) is 0 Å². The molecule has 0 amide bonds. The largest absolute Gasteiger partial charge is 0.249 e. The first-order valence-electron chi connectivity index (χ1n) is 8.21. The average molecular weight is 344 g/mol. The van der Waals surface area contributed by atoms with E-state index in [2.05, 4.69) is 5.73 Å². The molecule has 3 aromatic rings. The van der Waals surface area contributed by atoms with Crippen molar-refractivity contribution in [3.63, 3.8) is 0 Å². The molecule has 0 aliphatic heterocycles. The Balaban J connectivity index is 1.99. The maximum absolute atomic E-state index is 13.0. The van der Waals surface area contributed by atoms with Crippen LogP contribution in [-0.4, -0.2) is 4.21 Å². The Morgan fingerprint density at radius 2 is 1.52 bits per heavy atom. The van der Waals surface area contributed by atoms with Crippen LogP contribution in [0.25, 0.3) is 11.6 Å². The molecule has 0 heterocycles. The van der Waals surface area contributed by atoms with Gasteiger partial charge in [0.25, 0.3) is 0 Å². The molecule has 0 N–H and O–H groups in total. The van der Waals surface area contributed by atoms with Crippen LogP contribution in [0.15, 0.2) is 94.4 Å². The second-order valence-electron chi connectivity index (χ2n) is 5.90. The molecule has 1 nitrogen and oxygen atoms in total. The topological polar surface area (TPSA) is 17.1 Å². The van der Waals surface area contributed by atoms with Gasteiger partial charge in [-0.2, -0.15) is 0 Å². The summed E-state index contributed by atoms with van der Waals surface area (Å²) in [4.78, 5) is 1.63. The van der Waals surface area contributed by atoms with E-state index in [9.17, 15) is 4.21 Å². The summed E-state index contributed by atoms with van der Waals surface area (Å²) in [5.74, 6) is 0. The Hall–Kier alpha value is -2.67. The molecule has 0 unspecified atom stereocenters. The van der Waals surface area contributed by atoms with Crippen LogP contribution in [0.2, 0.25) is 0 Å². The molecule has 3 aromatic carbocycles. The van der Waals surface area contributed by atoms with E-state index in [-0.39, 0.29) is 0 Å². The van der Waals surface area contributed by atoms with Gasteiger partial charge in [-0.3, -0.25) is 0 Å². The van der Waals surface area contributed by atoms with Gasteiger partial charge in [0, 0.05) is 10.5 Å². The van der Waals surface area contributed by atoms with Gasteiger partial charge in [-0.05, 0) is 49.3 Å². The molecule has 0 aliphatic rings. The zero-order valence-corrected chi connectivity index (χ0v) is 15.2. The molecule has 0 fully saturated rings. The molecule has 0 radical (unpaired) electrons. The maximum Gasteiger partial charge on any atom is 0.0856 e. The lowest BCUT2D eigenvalue weighted by molar-refractivity contribution is 0.683. The summed E-state index contributed by atoms with van der Waals surface area (Å²) in [6.45, 7) is 4.03. The van der Waals surface area contributed by atoms with Crippen molar-refractivity contribution >= 4 is 22.4 Å². The monoisotopic (exact) mass is 344 g/mol. The Bertz CT molecular complexity index is 947. The molecule has 0 spiro atoms. The zero-order valence-electron chi connectivity index (χ0n) is 14.4. The van der Waals surface area contributed by atoms with Crippen molar-refractivity contribution < 1.29 is 4.21 Å². The molecule has 25 heavy (non-hydrogen) atoms. The summed E-state index contributed by atoms with van der Waals surface area (Å²) < 4.78 is 13.0. The molecular weight excluding hydrogens is 324 g/mol. The third kappa shape index (κ3) is 4.24. The van der Waals surface area contributed by atoms with Crippen molar-refractivity contribution in [1.82, 2.24) is 0 Å². The summed E-state index contributed by atoms with van der Waals surface area (Å²) in [6, 6.07) is 25.8. The SMILES string of the molecule is CC(=C=Cc1ccccc1)c1ccccc1[S@@](=O)c1ccc(C)cc1. The minimum Gasteiger partial charge on any atom is -0.249 e. The normalized spacial score (nSPS) is 11.4. The second-order valence-corrected chi connectivity index (χ2v) is 7.35. The van der Waals surface area contributed by atoms with Gasteiger partial charge in [-0.1, -0.05) is 66.2 Å². The van der Waals surface area contributed by atoms with Crippen LogP contribution in [0.1, 0.15) is 23.6 Å². The highest BCUT2D eigenvalue weighted by atomic mass is 32.2. The molecule has 0 saturated heterocycles. The van der Waals surface area contributed by atoms with Crippen molar-refractivity contribution in [1.29, 1.82) is 0 Å². The molecule has 0 bridgehead atoms. The molecule has 0 saturated carbocycles. The number of hydrogen-bond donors (Lipinski definition) is 0. The fourth-order valence-electron chi connectivity index (χ4n) is 2.55. The fraction of sp³-hybridized carbons (Fsp3) is 0.0870. The van der Waals surface area contributed by atoms with Crippen LogP contribution in [0.5, 0.6) is 0 Å². The molecule has 3 rings (SSSR count). The minimum absolute atomic E-state index is 0.817. The van der Waals surface area contributed by atoms with Crippen molar-refractivity contribution in [3.05, 3.63) is 101 Å². The van der Waals surface area contributed by atoms with Crippen LogP contribution >= 0.6 is 0 Å². The summed E-state index contributed by atoms with van der Waals surface area (Å²) in [5.41, 5.74) is 7.53. The minimum atomic E-state index is -1.21. The highest BCUT2D eigenvalue weighted by molar-refractivity contribution is 7.85. The molecule has 1 atom stereocenters. The number of hydrogen-bond acceptors (Lipinski definition) is 1. The van der Waals surface area contributed by atoms with E-state index >= 15 is 0 Å². The van der Waals surface area contributed by atoms with Crippen LogP contribution in [0, 0.1) is 6.92 Å². The van der Waals surface area contributed by atoms with Crippen LogP contribution in [0.4, 0.5) is 0 Å². The average Bonchev–Trinajstić information content (AvgIpc) is 2.67. The smallest absolute Gasteiger partial charge is 0.0856 e. The predicted molar refractivity (Wildman–Crippen MR) is 106 cm³/mol. The number of allylic oxidation sites excluding steroid dienone is 1. The summed E-state index contributed by atoms with van der Waals surface area (Å²) >= 11 is 0. The lowest BCUT2D eigenvalue weighted by Gasteiger charge is -2.09. The van der Waals surface area contributed by atoms with E-state index in [4.69, 9.17) is 0 Å². The summed E-state index contributed by atoms with van der Waals surface area (Å²) in [6.07, 6.45) is 1.96. The van der Waals surface area contributed by atoms with Gasteiger partial charge in [0.1, 0.15) is 0 Å². The first-order chi connectivity index (χ1) is 12.1. The first-order valence-corrected chi connectivity index (χ1v) is 9.36. The summed E-state index contributed by atoms with van der Waals surface area (Å²) in [5, 5.41) is 0. The molecular formula is C23H20OS. The van der Waals surface area contributed by atoms with Crippen molar-refractivity contribution in [2.75, 3.05) is 0 Å². The standard InChI is InChI=1S/C23H20OS/c1-18-12-16-21(17-13-18)25(24)23-11-7-6-10-22(23)19(2)14-15-20-8-4-3-5-9-20/h3-13,15-17H,1-2H3/t14?,25-/m0/s1. The predicted octanol–water partition coefficient (Wildman–Crippen LogP) is 5.88. The lowest BCUT2D eigenvalue weighted by Crippen LogP contribution is -1.97. The highest BCUT2D eigenvalue weighted by Gasteiger charge is 2.12. The van der Waals surface area contributed by atoms with Gasteiger partial charge in [-0.25, -0.2) is 4.21 Å². The lowest BCUT2D eigenvalue weighted by atomic mass is 10.1. The zero-order chi connectivity index (χ0) is 17.6. The third-order valence-electron chi connectivity index (χ3n) is 3.98. The van der Waals surface area contributed by atoms with E-state index in [1.54, 1.807) is 0 Å². The maximum atomic E-state index is 13.0. The number of rotatable bonds is 4. The molecule has 0 aromatic heterocycles. The number of aryl methyl sites for hydroxylation is 1. The Kier molecular flexibility index (Phi) is 5.45. The molecule has 124 valence electrons. The Morgan fingerprint density at radius 1 is 0.880 bits per heavy atom. The Morgan fingerprint density at radius 3 is 2.24 bits per heavy atom. The fourth-order valence-corrected chi connectivity index (χ4v) is 3.81. The Labute approximate surface area is 151 Å². The van der Waals surface area contributed by atoms with E-state index in [1.807, 2.05) is 98.8 Å². The van der Waals surface area contributed by atoms with E-state index in [0.29, 0.717) is 0 Å². The second kappa shape index (κ2) is 7.94. The van der Waals surface area contributed by atoms with Gasteiger partial charge >= 0.3 is 0 Å². The van der Waals surface area contributed by atoms with E-state index < -0.39 is 10.8 Å². The molecule has 2 heteroatoms. The van der Waals surface area contributed by atoms with E-state index in [1.165, 1.54) is 0 Å². The molecule has 0 aliphatic carbocycles. The van der Waals surface area contributed by atoms with Crippen molar-refractivity contribution in [2.24, 2.45) is 0 Å². The van der Waals surface area contributed by atoms with Gasteiger partial charge in [0.15, 0.2) is 0 Å². The van der Waals surface area contributed by atoms with Gasteiger partial charge in [0.2, 0.25) is 0 Å². The quantitative estimate of drug-likeness (QED) is 0.540. The van der Waals surface area contributed by atoms with Crippen molar-refractivity contribution in [2.45, 2.75) is 23.6 Å². The van der Waals surface area contributed by atoms with Gasteiger partial charge < -0.3 is 0 Å². The highest BCUT2D eigenvalue weighted by Crippen LogP contribution is 2.25. The van der Waals surface area contributed by atoms with Crippen LogP contribution < -0.4 is 0 Å². The third-order valence-corrected chi connectivity index (χ3v) is 5.44. The van der Waals surface area contributed by atoms with Crippen molar-refractivity contribution in [3.8, 4) is 0 Å². The van der Waals surface area contributed by atoms with Gasteiger partial charge in [0.05, 0.1) is 15.7 Å².